The lowest BCUT2D eigenvalue weighted by molar-refractivity contribution is -0.139. The highest BCUT2D eigenvalue weighted by Gasteiger charge is 2.30. The molecule has 0 radical (unpaired) electrons. The first kappa shape index (κ1) is 18.5. The van der Waals surface area contributed by atoms with E-state index in [0.717, 1.165) is 57.0 Å². The van der Waals surface area contributed by atoms with Gasteiger partial charge in [-0.1, -0.05) is 12.5 Å². The second kappa shape index (κ2) is 8.89. The first-order valence-electron chi connectivity index (χ1n) is 9.38. The molecule has 2 fully saturated rings. The summed E-state index contributed by atoms with van der Waals surface area (Å²) in [7, 11) is 1.64. The maximum Gasteiger partial charge on any atom is 0.225 e. The van der Waals surface area contributed by atoms with Crippen LogP contribution in [-0.2, 0) is 4.79 Å². The van der Waals surface area contributed by atoms with Crippen LogP contribution in [0.5, 0.6) is 5.75 Å². The van der Waals surface area contributed by atoms with E-state index < -0.39 is 0 Å². The topological polar surface area (TPSA) is 83.2 Å². The number of benzene rings is 1. The average Bonchev–Trinajstić information content (AvgIpc) is 2.61. The van der Waals surface area contributed by atoms with Crippen LogP contribution in [0.4, 0.5) is 5.69 Å². The number of hydrogen-bond donors (Lipinski definition) is 2. The Labute approximate surface area is 155 Å². The molecule has 1 aromatic rings. The summed E-state index contributed by atoms with van der Waals surface area (Å²) in [5.74, 6) is 1.84. The molecular formula is C19H29N5O2. The molecule has 3 N–H and O–H groups in total. The number of ether oxygens (including phenoxy) is 1. The number of methoxy groups -OCH3 is 1. The molecule has 1 aliphatic carbocycles. The fraction of sp³-hybridized carbons (Fsp3) is 0.579. The van der Waals surface area contributed by atoms with Gasteiger partial charge in [0.15, 0.2) is 5.96 Å². The number of anilines is 1. The Morgan fingerprint density at radius 2 is 2.08 bits per heavy atom. The number of piperazine rings is 1. The molecule has 0 bridgehead atoms. The number of guanidine groups is 1. The molecule has 1 heterocycles. The van der Waals surface area contributed by atoms with E-state index >= 15 is 0 Å². The van der Waals surface area contributed by atoms with Gasteiger partial charge in [-0.05, 0) is 25.0 Å². The van der Waals surface area contributed by atoms with Crippen molar-refractivity contribution in [2.24, 2.45) is 16.6 Å². The molecule has 0 aromatic heterocycles. The highest BCUT2D eigenvalue weighted by molar-refractivity contribution is 5.92. The quantitative estimate of drug-likeness (QED) is 0.592. The van der Waals surface area contributed by atoms with Crippen molar-refractivity contribution in [2.75, 3.05) is 51.7 Å². The number of nitrogens with zero attached hydrogens (tertiary/aromatic N) is 3. The Kier molecular flexibility index (Phi) is 6.33. The number of nitrogens with one attached hydrogen (secondary N) is 1. The first-order valence-corrected chi connectivity index (χ1v) is 9.38. The molecule has 1 aromatic carbocycles. The molecule has 7 nitrogen and oxygen atoms in total. The van der Waals surface area contributed by atoms with Crippen LogP contribution in [-0.4, -0.2) is 68.0 Å². The molecule has 1 saturated heterocycles. The van der Waals surface area contributed by atoms with Gasteiger partial charge in [0, 0.05) is 50.4 Å². The van der Waals surface area contributed by atoms with Crippen molar-refractivity contribution in [1.82, 2.24) is 9.80 Å². The van der Waals surface area contributed by atoms with Gasteiger partial charge in [-0.2, -0.15) is 0 Å². The van der Waals surface area contributed by atoms with Crippen LogP contribution < -0.4 is 15.8 Å². The van der Waals surface area contributed by atoms with Crippen molar-refractivity contribution in [2.45, 2.75) is 19.3 Å². The minimum Gasteiger partial charge on any atom is -0.497 e. The second-order valence-corrected chi connectivity index (χ2v) is 6.92. The number of carbonyl (C=O) groups excluding carboxylic acids is 1. The summed E-state index contributed by atoms with van der Waals surface area (Å²) in [4.78, 5) is 21.0. The first-order chi connectivity index (χ1) is 12.7. The summed E-state index contributed by atoms with van der Waals surface area (Å²) in [6.45, 7) is 4.98. The third kappa shape index (κ3) is 4.88. The SMILES string of the molecule is COc1cccc(NC(N)=NCCN2CCN(C(=O)C3CCC3)CC2)c1. The van der Waals surface area contributed by atoms with Gasteiger partial charge in [0.1, 0.15) is 5.75 Å². The molecular weight excluding hydrogens is 330 g/mol. The number of rotatable bonds is 6. The largest absolute Gasteiger partial charge is 0.497 e. The monoisotopic (exact) mass is 359 g/mol. The number of aliphatic imine (C=N–C) groups is 1. The van der Waals surface area contributed by atoms with Crippen LogP contribution in [0.25, 0.3) is 0 Å². The second-order valence-electron chi connectivity index (χ2n) is 6.92. The minimum atomic E-state index is 0.300. The van der Waals surface area contributed by atoms with Crippen LogP contribution in [0.1, 0.15) is 19.3 Å². The molecule has 142 valence electrons. The molecule has 0 atom stereocenters. The summed E-state index contributed by atoms with van der Waals surface area (Å²) < 4.78 is 5.19. The van der Waals surface area contributed by atoms with Gasteiger partial charge < -0.3 is 20.7 Å². The van der Waals surface area contributed by atoms with Crippen molar-refractivity contribution < 1.29 is 9.53 Å². The van der Waals surface area contributed by atoms with Gasteiger partial charge in [0.25, 0.3) is 0 Å². The average molecular weight is 359 g/mol. The summed E-state index contributed by atoms with van der Waals surface area (Å²) >= 11 is 0. The smallest absolute Gasteiger partial charge is 0.225 e. The van der Waals surface area contributed by atoms with Gasteiger partial charge in [0.2, 0.25) is 5.91 Å². The molecule has 0 spiro atoms. The zero-order chi connectivity index (χ0) is 18.4. The van der Waals surface area contributed by atoms with E-state index in [0.29, 0.717) is 24.3 Å². The standard InChI is InChI=1S/C19H29N5O2/c1-26-17-7-3-6-16(14-17)22-19(20)21-8-9-23-10-12-24(13-11-23)18(25)15-4-2-5-15/h3,6-7,14-15H,2,4-5,8-13H2,1H3,(H3,20,21,22). The van der Waals surface area contributed by atoms with E-state index in [1.165, 1.54) is 6.42 Å². The van der Waals surface area contributed by atoms with Crippen LogP contribution in [0.2, 0.25) is 0 Å². The fourth-order valence-electron chi connectivity index (χ4n) is 3.31. The summed E-state index contributed by atoms with van der Waals surface area (Å²) in [5, 5.41) is 3.08. The van der Waals surface area contributed by atoms with E-state index in [1.54, 1.807) is 7.11 Å². The van der Waals surface area contributed by atoms with Gasteiger partial charge >= 0.3 is 0 Å². The molecule has 3 rings (SSSR count). The summed E-state index contributed by atoms with van der Waals surface area (Å²) in [5.41, 5.74) is 6.81. The number of nitrogens with two attached hydrogens (primary N) is 1. The number of hydrogen-bond acceptors (Lipinski definition) is 4. The zero-order valence-electron chi connectivity index (χ0n) is 15.5. The summed E-state index contributed by atoms with van der Waals surface area (Å²) in [6, 6.07) is 7.58. The van der Waals surface area contributed by atoms with Crippen molar-refractivity contribution in [3.63, 3.8) is 0 Å². The molecule has 1 amide bonds. The number of carbonyl (C=O) groups is 1. The van der Waals surface area contributed by atoms with E-state index in [2.05, 4.69) is 15.2 Å². The van der Waals surface area contributed by atoms with Crippen molar-refractivity contribution in [3.8, 4) is 5.75 Å². The molecule has 2 aliphatic rings. The predicted molar refractivity (Wildman–Crippen MR) is 103 cm³/mol. The van der Waals surface area contributed by atoms with Crippen molar-refractivity contribution >= 4 is 17.6 Å². The third-order valence-electron chi connectivity index (χ3n) is 5.18. The third-order valence-corrected chi connectivity index (χ3v) is 5.18. The van der Waals surface area contributed by atoms with Crippen LogP contribution in [0.15, 0.2) is 29.3 Å². The molecule has 0 unspecified atom stereocenters. The molecule has 7 heteroatoms. The number of amides is 1. The Balaban J connectivity index is 1.37. The van der Waals surface area contributed by atoms with E-state index in [9.17, 15) is 4.79 Å². The van der Waals surface area contributed by atoms with Gasteiger partial charge in [0.05, 0.1) is 13.7 Å². The summed E-state index contributed by atoms with van der Waals surface area (Å²) in [6.07, 6.45) is 3.36. The molecule has 26 heavy (non-hydrogen) atoms. The normalized spacial score (nSPS) is 19.1. The van der Waals surface area contributed by atoms with Crippen LogP contribution >= 0.6 is 0 Å². The lowest BCUT2D eigenvalue weighted by atomic mass is 9.84. The van der Waals surface area contributed by atoms with E-state index in [-0.39, 0.29) is 0 Å². The highest BCUT2D eigenvalue weighted by atomic mass is 16.5. The van der Waals surface area contributed by atoms with Crippen molar-refractivity contribution in [1.29, 1.82) is 0 Å². The predicted octanol–water partition coefficient (Wildman–Crippen LogP) is 1.37. The Hall–Kier alpha value is -2.28. The van der Waals surface area contributed by atoms with Gasteiger partial charge in [-0.25, -0.2) is 0 Å². The maximum absolute atomic E-state index is 12.3. The van der Waals surface area contributed by atoms with Crippen LogP contribution in [0.3, 0.4) is 0 Å². The van der Waals surface area contributed by atoms with Gasteiger partial charge in [-0.3, -0.25) is 14.7 Å². The zero-order valence-corrected chi connectivity index (χ0v) is 15.5. The molecule has 1 aliphatic heterocycles. The Morgan fingerprint density at radius 3 is 2.73 bits per heavy atom. The maximum atomic E-state index is 12.3. The molecule has 1 saturated carbocycles. The lowest BCUT2D eigenvalue weighted by Gasteiger charge is -2.38. The van der Waals surface area contributed by atoms with E-state index in [1.807, 2.05) is 29.2 Å². The van der Waals surface area contributed by atoms with E-state index in [4.69, 9.17) is 10.5 Å². The fourth-order valence-corrected chi connectivity index (χ4v) is 3.31. The highest BCUT2D eigenvalue weighted by Crippen LogP contribution is 2.28. The minimum absolute atomic E-state index is 0.300. The Bertz CT molecular complexity index is 637. The van der Waals surface area contributed by atoms with Crippen molar-refractivity contribution in [3.05, 3.63) is 24.3 Å². The van der Waals surface area contributed by atoms with Gasteiger partial charge in [-0.15, -0.1) is 0 Å². The lowest BCUT2D eigenvalue weighted by Crippen LogP contribution is -2.51. The Morgan fingerprint density at radius 1 is 1.31 bits per heavy atom. The van der Waals surface area contributed by atoms with Crippen LogP contribution in [0, 0.1) is 5.92 Å².